The third-order valence-electron chi connectivity index (χ3n) is 6.55. The zero-order valence-electron chi connectivity index (χ0n) is 20.3. The molecule has 6 heteroatoms. The zero-order chi connectivity index (χ0) is 22.8. The third kappa shape index (κ3) is 5.23. The first-order chi connectivity index (χ1) is 13.8. The van der Waals surface area contributed by atoms with Crippen LogP contribution in [0.4, 0.5) is 0 Å². The summed E-state index contributed by atoms with van der Waals surface area (Å²) in [6.07, 6.45) is 6.91. The van der Waals surface area contributed by atoms with Crippen LogP contribution in [-0.4, -0.2) is 34.2 Å². The van der Waals surface area contributed by atoms with Gasteiger partial charge >= 0.3 is 11.9 Å². The van der Waals surface area contributed by atoms with Crippen molar-refractivity contribution in [1.82, 2.24) is 0 Å². The Kier molecular flexibility index (Phi) is 7.41. The molecule has 0 aromatic carbocycles. The lowest BCUT2D eigenvalue weighted by atomic mass is 9.69. The molecule has 0 aromatic rings. The summed E-state index contributed by atoms with van der Waals surface area (Å²) in [7, 11) is 0. The Morgan fingerprint density at radius 2 is 1.00 bits per heavy atom. The quantitative estimate of drug-likeness (QED) is 0.354. The molecule has 0 saturated heterocycles. The third-order valence-corrected chi connectivity index (χ3v) is 6.55. The van der Waals surface area contributed by atoms with Crippen molar-refractivity contribution in [3.05, 3.63) is 0 Å². The molecule has 30 heavy (non-hydrogen) atoms. The van der Waals surface area contributed by atoms with Gasteiger partial charge < -0.3 is 9.47 Å². The van der Waals surface area contributed by atoms with Crippen LogP contribution in [0, 0.1) is 11.8 Å². The van der Waals surface area contributed by atoms with E-state index in [9.17, 15) is 9.59 Å². The predicted octanol–water partition coefficient (Wildman–Crippen LogP) is 6.02. The van der Waals surface area contributed by atoms with E-state index in [1.165, 1.54) is 0 Å². The Hall–Kier alpha value is -1.46. The van der Waals surface area contributed by atoms with Gasteiger partial charge in [-0.3, -0.25) is 0 Å². The summed E-state index contributed by atoms with van der Waals surface area (Å²) in [6, 6.07) is 0. The average molecular weight is 423 g/mol. The predicted molar refractivity (Wildman–Crippen MR) is 117 cm³/mol. The first-order valence-corrected chi connectivity index (χ1v) is 11.7. The minimum atomic E-state index is -1.03. The van der Waals surface area contributed by atoms with Crippen molar-refractivity contribution >= 4 is 11.9 Å². The smallest absolute Gasteiger partial charge is 0.336 e. The van der Waals surface area contributed by atoms with E-state index in [0.717, 1.165) is 38.5 Å². The molecule has 2 unspecified atom stereocenters. The molecule has 0 aliphatic heterocycles. The topological polar surface area (TPSA) is 77.3 Å². The summed E-state index contributed by atoms with van der Waals surface area (Å²) >= 11 is 0. The molecule has 0 aromatic heterocycles. The molecule has 2 atom stereocenters. The van der Waals surface area contributed by atoms with Gasteiger partial charge in [-0.25, -0.2) is 9.59 Å². The van der Waals surface area contributed by atoms with E-state index in [1.807, 2.05) is 55.4 Å². The second-order valence-electron chi connectivity index (χ2n) is 11.0. The number of hydrogen-bond acceptors (Lipinski definition) is 6. The normalized spacial score (nSPS) is 22.5. The number of carbonyl (C=O) groups is 2. The maximum atomic E-state index is 13.3. The summed E-state index contributed by atoms with van der Waals surface area (Å²) < 4.78 is 11.6. The van der Waals surface area contributed by atoms with Crippen molar-refractivity contribution in [1.29, 1.82) is 0 Å². The molecule has 0 amide bonds. The number of rotatable bonds is 8. The molecule has 0 heterocycles. The van der Waals surface area contributed by atoms with Gasteiger partial charge in [-0.2, -0.15) is 10.2 Å². The van der Waals surface area contributed by atoms with Crippen LogP contribution in [0.1, 0.15) is 107 Å². The van der Waals surface area contributed by atoms with Gasteiger partial charge in [-0.1, -0.05) is 26.7 Å². The highest BCUT2D eigenvalue weighted by atomic mass is 16.6. The second-order valence-corrected chi connectivity index (χ2v) is 11.0. The molecule has 0 N–H and O–H groups in total. The second kappa shape index (κ2) is 8.96. The molecule has 2 rings (SSSR count). The standard InChI is InChI=1S/C24H42N2O4/c1-9-23(17-13-11-14-17,19(27)29-21(3,4)5)25-26-24(10-2,18-15-12-16-18)20(28)30-22(6,7)8/h17-18H,9-16H2,1-8H3. The Balaban J connectivity index is 2.46. The van der Waals surface area contributed by atoms with Gasteiger partial charge in [-0.05, 0) is 91.9 Å². The van der Waals surface area contributed by atoms with E-state index >= 15 is 0 Å². The van der Waals surface area contributed by atoms with Crippen molar-refractivity contribution in [3.63, 3.8) is 0 Å². The van der Waals surface area contributed by atoms with Crippen molar-refractivity contribution in [2.45, 2.75) is 129 Å². The molecule has 2 aliphatic carbocycles. The lowest BCUT2D eigenvalue weighted by molar-refractivity contribution is -0.169. The van der Waals surface area contributed by atoms with Gasteiger partial charge in [0.2, 0.25) is 0 Å². The lowest BCUT2D eigenvalue weighted by Crippen LogP contribution is -2.52. The monoisotopic (exact) mass is 422 g/mol. The Labute approximate surface area is 182 Å². The van der Waals surface area contributed by atoms with Gasteiger partial charge in [0.15, 0.2) is 11.1 Å². The van der Waals surface area contributed by atoms with Gasteiger partial charge in [0.1, 0.15) is 11.2 Å². The summed E-state index contributed by atoms with van der Waals surface area (Å²) in [5.74, 6) is -0.436. The Morgan fingerprint density at radius 3 is 1.17 bits per heavy atom. The number of carbonyl (C=O) groups excluding carboxylic acids is 2. The van der Waals surface area contributed by atoms with E-state index in [-0.39, 0.29) is 23.8 Å². The van der Waals surface area contributed by atoms with Crippen LogP contribution >= 0.6 is 0 Å². The van der Waals surface area contributed by atoms with Crippen LogP contribution in [0.3, 0.4) is 0 Å². The lowest BCUT2D eigenvalue weighted by Gasteiger charge is -2.43. The van der Waals surface area contributed by atoms with E-state index < -0.39 is 22.3 Å². The SMILES string of the molecule is CCC(N=NC(CC)(C(=O)OC(C)(C)C)C1CCC1)(C(=O)OC(C)(C)C)C1CCC1. The fraction of sp³-hybridized carbons (Fsp3) is 0.917. The maximum absolute atomic E-state index is 13.3. The van der Waals surface area contributed by atoms with Crippen LogP contribution in [-0.2, 0) is 19.1 Å². The maximum Gasteiger partial charge on any atom is 0.336 e. The van der Waals surface area contributed by atoms with Crippen LogP contribution in [0.15, 0.2) is 10.2 Å². The fourth-order valence-electron chi connectivity index (χ4n) is 4.27. The average Bonchev–Trinajstić information content (AvgIpc) is 2.50. The molecular formula is C24H42N2O4. The summed E-state index contributed by atoms with van der Waals surface area (Å²) in [4.78, 5) is 26.6. The molecule has 172 valence electrons. The summed E-state index contributed by atoms with van der Waals surface area (Å²) in [5.41, 5.74) is -3.26. The molecular weight excluding hydrogens is 380 g/mol. The van der Waals surface area contributed by atoms with Crippen molar-refractivity contribution in [3.8, 4) is 0 Å². The first-order valence-electron chi connectivity index (χ1n) is 11.7. The highest BCUT2D eigenvalue weighted by molar-refractivity contribution is 5.83. The van der Waals surface area contributed by atoms with Crippen LogP contribution < -0.4 is 0 Å². The van der Waals surface area contributed by atoms with E-state index in [2.05, 4.69) is 0 Å². The zero-order valence-corrected chi connectivity index (χ0v) is 20.3. The number of azo groups is 1. The molecule has 2 saturated carbocycles. The highest BCUT2D eigenvalue weighted by Gasteiger charge is 2.53. The molecule has 6 nitrogen and oxygen atoms in total. The van der Waals surface area contributed by atoms with Crippen molar-refractivity contribution in [2.75, 3.05) is 0 Å². The van der Waals surface area contributed by atoms with E-state index in [4.69, 9.17) is 19.7 Å². The molecule has 2 aliphatic rings. The van der Waals surface area contributed by atoms with Crippen molar-refractivity contribution in [2.24, 2.45) is 22.1 Å². The van der Waals surface area contributed by atoms with Gasteiger partial charge in [0.25, 0.3) is 0 Å². The Bertz CT molecular complexity index is 597. The number of hydrogen-bond donors (Lipinski definition) is 0. The van der Waals surface area contributed by atoms with E-state index in [1.54, 1.807) is 0 Å². The molecule has 0 spiro atoms. The summed E-state index contributed by atoms with van der Waals surface area (Å²) in [6.45, 7) is 15.1. The minimum absolute atomic E-state index is 0.107. The number of nitrogens with zero attached hydrogens (tertiary/aromatic N) is 2. The van der Waals surface area contributed by atoms with Crippen LogP contribution in [0.2, 0.25) is 0 Å². The summed E-state index contributed by atoms with van der Waals surface area (Å²) in [5, 5.41) is 9.45. The van der Waals surface area contributed by atoms with Crippen molar-refractivity contribution < 1.29 is 19.1 Å². The first kappa shape index (κ1) is 24.8. The van der Waals surface area contributed by atoms with Crippen LogP contribution in [0.25, 0.3) is 0 Å². The fourth-order valence-corrected chi connectivity index (χ4v) is 4.27. The van der Waals surface area contributed by atoms with E-state index in [0.29, 0.717) is 12.8 Å². The molecule has 0 radical (unpaired) electrons. The highest BCUT2D eigenvalue weighted by Crippen LogP contribution is 2.46. The van der Waals surface area contributed by atoms with Gasteiger partial charge in [0.05, 0.1) is 0 Å². The Morgan fingerprint density at radius 1 is 0.700 bits per heavy atom. The number of ether oxygens (including phenoxy) is 2. The number of esters is 2. The molecule has 2 fully saturated rings. The minimum Gasteiger partial charge on any atom is -0.458 e. The largest absolute Gasteiger partial charge is 0.458 e. The van der Waals surface area contributed by atoms with Gasteiger partial charge in [0, 0.05) is 0 Å². The van der Waals surface area contributed by atoms with Gasteiger partial charge in [-0.15, -0.1) is 0 Å². The molecule has 0 bridgehead atoms. The van der Waals surface area contributed by atoms with Crippen LogP contribution in [0.5, 0.6) is 0 Å².